The van der Waals surface area contributed by atoms with Crippen molar-refractivity contribution in [3.8, 4) is 17.2 Å². The molecule has 0 spiro atoms. The molecule has 28 heavy (non-hydrogen) atoms. The molecule has 0 radical (unpaired) electrons. The maximum atomic E-state index is 11.9. The summed E-state index contributed by atoms with van der Waals surface area (Å²) in [6.45, 7) is 0.937. The van der Waals surface area contributed by atoms with E-state index in [9.17, 15) is 9.59 Å². The molecular formula is C21H21NO6. The lowest BCUT2D eigenvalue weighted by Crippen LogP contribution is -2.28. The molecule has 1 heterocycles. The van der Waals surface area contributed by atoms with Crippen molar-refractivity contribution < 1.29 is 28.5 Å². The quantitative estimate of drug-likeness (QED) is 0.584. The number of methoxy groups -OCH3 is 1. The van der Waals surface area contributed by atoms with Gasteiger partial charge in [-0.2, -0.15) is 0 Å². The van der Waals surface area contributed by atoms with Gasteiger partial charge in [-0.05, 0) is 29.8 Å². The number of rotatable bonds is 7. The van der Waals surface area contributed by atoms with Crippen LogP contribution in [0.2, 0.25) is 0 Å². The standard InChI is InChI=1S/C21H21NO6/c1-25-17-5-3-2-4-16(17)13-22-20(23)14-28-21(24)9-7-15-6-8-18-19(12-15)27-11-10-26-18/h2-9,12H,10-11,13-14H2,1H3,(H,22,23)/b9-7+. The lowest BCUT2D eigenvalue weighted by atomic mass is 10.2. The van der Waals surface area contributed by atoms with E-state index < -0.39 is 11.9 Å². The van der Waals surface area contributed by atoms with E-state index in [0.717, 1.165) is 11.1 Å². The molecule has 2 aromatic rings. The summed E-state index contributed by atoms with van der Waals surface area (Å²) in [7, 11) is 1.57. The van der Waals surface area contributed by atoms with Crippen LogP contribution in [-0.2, 0) is 20.9 Å². The van der Waals surface area contributed by atoms with E-state index in [4.69, 9.17) is 18.9 Å². The third-order valence-corrected chi connectivity index (χ3v) is 3.99. The van der Waals surface area contributed by atoms with Crippen LogP contribution in [0.3, 0.4) is 0 Å². The molecule has 0 bridgehead atoms. The molecule has 0 atom stereocenters. The van der Waals surface area contributed by atoms with Crippen LogP contribution in [0.15, 0.2) is 48.5 Å². The van der Waals surface area contributed by atoms with Gasteiger partial charge >= 0.3 is 5.97 Å². The average molecular weight is 383 g/mol. The van der Waals surface area contributed by atoms with Gasteiger partial charge in [0.2, 0.25) is 0 Å². The Labute approximate surface area is 162 Å². The number of carbonyl (C=O) groups excluding carboxylic acids is 2. The molecular weight excluding hydrogens is 362 g/mol. The van der Waals surface area contributed by atoms with Gasteiger partial charge in [-0.1, -0.05) is 24.3 Å². The summed E-state index contributed by atoms with van der Waals surface area (Å²) in [6.07, 6.45) is 2.85. The van der Waals surface area contributed by atoms with Crippen molar-refractivity contribution in [2.24, 2.45) is 0 Å². The van der Waals surface area contributed by atoms with Gasteiger partial charge in [-0.25, -0.2) is 4.79 Å². The third-order valence-electron chi connectivity index (χ3n) is 3.99. The van der Waals surface area contributed by atoms with Crippen LogP contribution in [0.4, 0.5) is 0 Å². The fourth-order valence-corrected chi connectivity index (χ4v) is 2.61. The molecule has 1 aliphatic rings. The first-order valence-electron chi connectivity index (χ1n) is 8.79. The predicted molar refractivity (Wildman–Crippen MR) is 102 cm³/mol. The molecule has 7 nitrogen and oxygen atoms in total. The molecule has 1 amide bonds. The minimum Gasteiger partial charge on any atom is -0.496 e. The van der Waals surface area contributed by atoms with Crippen molar-refractivity contribution in [2.75, 3.05) is 26.9 Å². The predicted octanol–water partition coefficient (Wildman–Crippen LogP) is 2.34. The van der Waals surface area contributed by atoms with Gasteiger partial charge < -0.3 is 24.3 Å². The zero-order valence-electron chi connectivity index (χ0n) is 15.5. The van der Waals surface area contributed by atoms with Crippen molar-refractivity contribution in [1.82, 2.24) is 5.32 Å². The first-order chi connectivity index (χ1) is 13.7. The highest BCUT2D eigenvalue weighted by molar-refractivity contribution is 5.89. The van der Waals surface area contributed by atoms with Crippen molar-refractivity contribution in [3.05, 3.63) is 59.7 Å². The van der Waals surface area contributed by atoms with Crippen LogP contribution in [-0.4, -0.2) is 38.8 Å². The molecule has 7 heteroatoms. The summed E-state index contributed by atoms with van der Waals surface area (Å²) in [5.74, 6) is 0.992. The summed E-state index contributed by atoms with van der Waals surface area (Å²) in [4.78, 5) is 23.7. The van der Waals surface area contributed by atoms with Crippen LogP contribution in [0, 0.1) is 0 Å². The Morgan fingerprint density at radius 2 is 1.89 bits per heavy atom. The minimum atomic E-state index is -0.609. The summed E-state index contributed by atoms with van der Waals surface area (Å²) in [5.41, 5.74) is 1.60. The van der Waals surface area contributed by atoms with E-state index in [-0.39, 0.29) is 13.2 Å². The number of hydrogen-bond acceptors (Lipinski definition) is 6. The second-order valence-electron chi connectivity index (χ2n) is 5.93. The summed E-state index contributed by atoms with van der Waals surface area (Å²) in [5, 5.41) is 2.69. The lowest BCUT2D eigenvalue weighted by Gasteiger charge is -2.18. The van der Waals surface area contributed by atoms with Crippen LogP contribution < -0.4 is 19.5 Å². The topological polar surface area (TPSA) is 83.1 Å². The van der Waals surface area contributed by atoms with Crippen LogP contribution >= 0.6 is 0 Å². The summed E-state index contributed by atoms with van der Waals surface area (Å²) < 4.78 is 21.1. The number of ether oxygens (including phenoxy) is 4. The number of amides is 1. The highest BCUT2D eigenvalue weighted by atomic mass is 16.6. The zero-order chi connectivity index (χ0) is 19.8. The van der Waals surface area contributed by atoms with Crippen LogP contribution in [0.25, 0.3) is 6.08 Å². The molecule has 0 saturated carbocycles. The molecule has 0 aliphatic carbocycles. The lowest BCUT2D eigenvalue weighted by molar-refractivity contribution is -0.143. The molecule has 0 fully saturated rings. The van der Waals surface area contributed by atoms with Gasteiger partial charge in [0.1, 0.15) is 19.0 Å². The zero-order valence-corrected chi connectivity index (χ0v) is 15.5. The normalized spacial score (nSPS) is 12.5. The molecule has 0 unspecified atom stereocenters. The first kappa shape index (κ1) is 19.3. The van der Waals surface area contributed by atoms with Crippen LogP contribution in [0.5, 0.6) is 17.2 Å². The number of nitrogens with one attached hydrogen (secondary N) is 1. The van der Waals surface area contributed by atoms with Gasteiger partial charge in [-0.3, -0.25) is 4.79 Å². The fraction of sp³-hybridized carbons (Fsp3) is 0.238. The molecule has 146 valence electrons. The Kier molecular flexibility index (Phi) is 6.51. The molecule has 0 aromatic heterocycles. The Bertz CT molecular complexity index is 877. The Morgan fingerprint density at radius 3 is 2.71 bits per heavy atom. The fourth-order valence-electron chi connectivity index (χ4n) is 2.61. The second-order valence-corrected chi connectivity index (χ2v) is 5.93. The monoisotopic (exact) mass is 383 g/mol. The van der Waals surface area contributed by atoms with Gasteiger partial charge in [0.15, 0.2) is 18.1 Å². The first-order valence-corrected chi connectivity index (χ1v) is 8.79. The Balaban J connectivity index is 1.44. The highest BCUT2D eigenvalue weighted by Gasteiger charge is 2.11. The SMILES string of the molecule is COc1ccccc1CNC(=O)COC(=O)/C=C/c1ccc2c(c1)OCCO2. The smallest absolute Gasteiger partial charge is 0.331 e. The number of carbonyl (C=O) groups is 2. The molecule has 0 saturated heterocycles. The van der Waals surface area contributed by atoms with Crippen molar-refractivity contribution in [3.63, 3.8) is 0 Å². The average Bonchev–Trinajstić information content (AvgIpc) is 2.74. The number of para-hydroxylation sites is 1. The van der Waals surface area contributed by atoms with Gasteiger partial charge in [0.25, 0.3) is 5.91 Å². The number of esters is 1. The van der Waals surface area contributed by atoms with E-state index in [2.05, 4.69) is 5.32 Å². The second kappa shape index (κ2) is 9.45. The van der Waals surface area contributed by atoms with Gasteiger partial charge in [-0.15, -0.1) is 0 Å². The molecule has 3 rings (SSSR count). The van der Waals surface area contributed by atoms with Crippen molar-refractivity contribution >= 4 is 18.0 Å². The number of fused-ring (bicyclic) bond motifs is 1. The maximum Gasteiger partial charge on any atom is 0.331 e. The van der Waals surface area contributed by atoms with E-state index in [0.29, 0.717) is 30.5 Å². The van der Waals surface area contributed by atoms with E-state index >= 15 is 0 Å². The molecule has 1 aliphatic heterocycles. The van der Waals surface area contributed by atoms with Crippen molar-refractivity contribution in [2.45, 2.75) is 6.54 Å². The molecule has 2 aromatic carbocycles. The molecule has 1 N–H and O–H groups in total. The van der Waals surface area contributed by atoms with E-state index in [1.54, 1.807) is 31.4 Å². The summed E-state index contributed by atoms with van der Waals surface area (Å²) >= 11 is 0. The van der Waals surface area contributed by atoms with Gasteiger partial charge in [0.05, 0.1) is 7.11 Å². The minimum absolute atomic E-state index is 0.285. The number of benzene rings is 2. The van der Waals surface area contributed by atoms with Gasteiger partial charge in [0, 0.05) is 18.2 Å². The Hall–Kier alpha value is -3.48. The van der Waals surface area contributed by atoms with E-state index in [1.165, 1.54) is 6.08 Å². The largest absolute Gasteiger partial charge is 0.496 e. The number of hydrogen-bond donors (Lipinski definition) is 1. The summed E-state index contributed by atoms with van der Waals surface area (Å²) in [6, 6.07) is 12.7. The highest BCUT2D eigenvalue weighted by Crippen LogP contribution is 2.31. The van der Waals surface area contributed by atoms with E-state index in [1.807, 2.05) is 24.3 Å². The van der Waals surface area contributed by atoms with Crippen molar-refractivity contribution in [1.29, 1.82) is 0 Å². The third kappa shape index (κ3) is 5.26. The van der Waals surface area contributed by atoms with Crippen LogP contribution in [0.1, 0.15) is 11.1 Å². The Morgan fingerprint density at radius 1 is 1.11 bits per heavy atom. The maximum absolute atomic E-state index is 11.9.